The number of nitrogens with one attached hydrogen (secondary N) is 1. The number of pyridine rings is 1. The molecule has 3 aromatic carbocycles. The summed E-state index contributed by atoms with van der Waals surface area (Å²) < 4.78 is 0. The minimum absolute atomic E-state index is 0.149. The summed E-state index contributed by atoms with van der Waals surface area (Å²) in [6, 6.07) is 27.6. The van der Waals surface area contributed by atoms with Crippen molar-refractivity contribution in [3.05, 3.63) is 113 Å². The molecule has 178 valence electrons. The summed E-state index contributed by atoms with van der Waals surface area (Å²) in [5.41, 5.74) is 6.64. The van der Waals surface area contributed by atoms with Gasteiger partial charge < -0.3 is 10.2 Å². The van der Waals surface area contributed by atoms with Gasteiger partial charge >= 0.3 is 0 Å². The van der Waals surface area contributed by atoms with E-state index in [1.807, 2.05) is 30.5 Å². The molecule has 0 radical (unpaired) electrons. The molecule has 1 aliphatic rings. The van der Waals surface area contributed by atoms with Crippen molar-refractivity contribution in [1.82, 2.24) is 15.2 Å². The second kappa shape index (κ2) is 10.4. The summed E-state index contributed by atoms with van der Waals surface area (Å²) in [6.07, 6.45) is 4.65. The number of likely N-dealkylation sites (tertiary alicyclic amines) is 1. The Kier molecular flexibility index (Phi) is 6.91. The van der Waals surface area contributed by atoms with Crippen molar-refractivity contribution in [3.63, 3.8) is 0 Å². The zero-order valence-corrected chi connectivity index (χ0v) is 20.6. The smallest absolute Gasteiger partial charge is 0.254 e. The summed E-state index contributed by atoms with van der Waals surface area (Å²) >= 11 is 0. The van der Waals surface area contributed by atoms with Crippen LogP contribution in [0.2, 0.25) is 0 Å². The molecule has 35 heavy (non-hydrogen) atoms. The van der Waals surface area contributed by atoms with Gasteiger partial charge in [0, 0.05) is 42.3 Å². The number of aryl methyl sites for hydroxylation is 2. The molecule has 1 fully saturated rings. The minimum atomic E-state index is 0.149. The van der Waals surface area contributed by atoms with E-state index in [2.05, 4.69) is 83.6 Å². The van der Waals surface area contributed by atoms with Gasteiger partial charge in [0.15, 0.2) is 0 Å². The lowest BCUT2D eigenvalue weighted by Gasteiger charge is -2.40. The lowest BCUT2D eigenvalue weighted by molar-refractivity contribution is 0.0576. The van der Waals surface area contributed by atoms with Gasteiger partial charge in [0.25, 0.3) is 5.91 Å². The number of benzene rings is 3. The van der Waals surface area contributed by atoms with Gasteiger partial charge in [0.1, 0.15) is 0 Å². The van der Waals surface area contributed by atoms with Crippen LogP contribution < -0.4 is 5.32 Å². The van der Waals surface area contributed by atoms with Crippen molar-refractivity contribution in [2.45, 2.75) is 51.7 Å². The van der Waals surface area contributed by atoms with E-state index in [-0.39, 0.29) is 11.9 Å². The standard InChI is InChI=1S/C31H33N3O/c1-22-16-23(2)18-26(17-22)31(35)34-15-13-27(20-28(34)19-24-8-4-3-5-9-24)33-21-25-12-14-32-30-11-7-6-10-29(25)30/h3-12,14,16-18,27-28,33H,13,15,19-21H2,1-2H3/t27-,28-/m1/s1. The average molecular weight is 464 g/mol. The molecule has 4 heteroatoms. The fourth-order valence-electron chi connectivity index (χ4n) is 5.41. The molecule has 4 aromatic rings. The third kappa shape index (κ3) is 5.44. The van der Waals surface area contributed by atoms with Crippen molar-refractivity contribution in [3.8, 4) is 0 Å². The summed E-state index contributed by atoms with van der Waals surface area (Å²) in [4.78, 5) is 20.2. The Bertz CT molecular complexity index is 1290. The number of piperidine rings is 1. The number of amides is 1. The molecule has 2 atom stereocenters. The van der Waals surface area contributed by atoms with E-state index in [9.17, 15) is 4.79 Å². The number of carbonyl (C=O) groups is 1. The first-order valence-electron chi connectivity index (χ1n) is 12.6. The second-order valence-corrected chi connectivity index (χ2v) is 9.81. The first-order valence-corrected chi connectivity index (χ1v) is 12.6. The Morgan fingerprint density at radius 1 is 0.971 bits per heavy atom. The van der Waals surface area contributed by atoms with E-state index >= 15 is 0 Å². The van der Waals surface area contributed by atoms with Crippen LogP contribution in [0.3, 0.4) is 0 Å². The SMILES string of the molecule is Cc1cc(C)cc(C(=O)N2CC[C@@H](NCc3ccnc4ccccc34)C[C@H]2Cc2ccccc2)c1. The first-order chi connectivity index (χ1) is 17.1. The van der Waals surface area contributed by atoms with Crippen LogP contribution in [-0.4, -0.2) is 34.4 Å². The molecule has 1 aliphatic heterocycles. The van der Waals surface area contributed by atoms with Gasteiger partial charge in [-0.3, -0.25) is 9.78 Å². The number of nitrogens with zero attached hydrogens (tertiary/aromatic N) is 2. The number of para-hydroxylation sites is 1. The summed E-state index contributed by atoms with van der Waals surface area (Å²) in [7, 11) is 0. The van der Waals surface area contributed by atoms with Crippen LogP contribution in [0.25, 0.3) is 10.9 Å². The molecule has 1 saturated heterocycles. The van der Waals surface area contributed by atoms with Crippen molar-refractivity contribution in [1.29, 1.82) is 0 Å². The molecule has 0 spiro atoms. The third-order valence-corrected chi connectivity index (χ3v) is 7.08. The molecule has 1 N–H and O–H groups in total. The van der Waals surface area contributed by atoms with Gasteiger partial charge in [-0.15, -0.1) is 0 Å². The normalized spacial score (nSPS) is 18.1. The first kappa shape index (κ1) is 23.3. The van der Waals surface area contributed by atoms with E-state index in [1.165, 1.54) is 16.5 Å². The number of hydrogen-bond acceptors (Lipinski definition) is 3. The molecule has 0 saturated carbocycles. The van der Waals surface area contributed by atoms with Crippen LogP contribution in [0.1, 0.15) is 45.5 Å². The van der Waals surface area contributed by atoms with Gasteiger partial charge in [-0.05, 0) is 68.5 Å². The van der Waals surface area contributed by atoms with E-state index < -0.39 is 0 Å². The highest BCUT2D eigenvalue weighted by molar-refractivity contribution is 5.95. The summed E-state index contributed by atoms with van der Waals surface area (Å²) in [5, 5.41) is 5.00. The van der Waals surface area contributed by atoms with E-state index in [0.29, 0.717) is 6.04 Å². The Labute approximate surface area is 208 Å². The highest BCUT2D eigenvalue weighted by Crippen LogP contribution is 2.25. The lowest BCUT2D eigenvalue weighted by atomic mass is 9.91. The molecular weight excluding hydrogens is 430 g/mol. The number of carbonyl (C=O) groups excluding carboxylic acids is 1. The maximum absolute atomic E-state index is 13.6. The number of aromatic nitrogens is 1. The maximum Gasteiger partial charge on any atom is 0.254 e. The minimum Gasteiger partial charge on any atom is -0.335 e. The van der Waals surface area contributed by atoms with Gasteiger partial charge in [-0.1, -0.05) is 65.7 Å². The molecular formula is C31H33N3O. The van der Waals surface area contributed by atoms with Crippen LogP contribution in [0.5, 0.6) is 0 Å². The molecule has 0 unspecified atom stereocenters. The number of fused-ring (bicyclic) bond motifs is 1. The zero-order valence-electron chi connectivity index (χ0n) is 20.6. The van der Waals surface area contributed by atoms with Gasteiger partial charge in [-0.25, -0.2) is 0 Å². The Balaban J connectivity index is 1.34. The molecule has 1 amide bonds. The molecule has 0 bridgehead atoms. The monoisotopic (exact) mass is 463 g/mol. The lowest BCUT2D eigenvalue weighted by Crippen LogP contribution is -2.51. The van der Waals surface area contributed by atoms with E-state index in [1.54, 1.807) is 0 Å². The predicted octanol–water partition coefficient (Wildman–Crippen LogP) is 5.86. The zero-order chi connectivity index (χ0) is 24.2. The van der Waals surface area contributed by atoms with E-state index in [4.69, 9.17) is 0 Å². The van der Waals surface area contributed by atoms with Crippen LogP contribution >= 0.6 is 0 Å². The summed E-state index contributed by atoms with van der Waals surface area (Å²) in [5.74, 6) is 0.149. The highest BCUT2D eigenvalue weighted by atomic mass is 16.2. The predicted molar refractivity (Wildman–Crippen MR) is 142 cm³/mol. The fourth-order valence-corrected chi connectivity index (χ4v) is 5.41. The Morgan fingerprint density at radius 3 is 2.51 bits per heavy atom. The van der Waals surface area contributed by atoms with Gasteiger partial charge in [0.05, 0.1) is 5.52 Å². The number of rotatable bonds is 6. The number of hydrogen-bond donors (Lipinski definition) is 1. The molecule has 4 nitrogen and oxygen atoms in total. The largest absolute Gasteiger partial charge is 0.335 e. The Morgan fingerprint density at radius 2 is 1.71 bits per heavy atom. The molecule has 2 heterocycles. The van der Waals surface area contributed by atoms with Crippen molar-refractivity contribution >= 4 is 16.8 Å². The van der Waals surface area contributed by atoms with E-state index in [0.717, 1.165) is 54.6 Å². The fraction of sp³-hybridized carbons (Fsp3) is 0.290. The van der Waals surface area contributed by atoms with Crippen LogP contribution in [0.15, 0.2) is 85.1 Å². The average Bonchev–Trinajstić information content (AvgIpc) is 2.87. The van der Waals surface area contributed by atoms with Crippen molar-refractivity contribution in [2.24, 2.45) is 0 Å². The van der Waals surface area contributed by atoms with Crippen LogP contribution in [0, 0.1) is 13.8 Å². The third-order valence-electron chi connectivity index (χ3n) is 7.08. The molecule has 0 aliphatic carbocycles. The second-order valence-electron chi connectivity index (χ2n) is 9.81. The van der Waals surface area contributed by atoms with Crippen molar-refractivity contribution in [2.75, 3.05) is 6.54 Å². The Hall–Kier alpha value is -3.50. The molecule has 1 aromatic heterocycles. The quantitative estimate of drug-likeness (QED) is 0.390. The van der Waals surface area contributed by atoms with Crippen LogP contribution in [-0.2, 0) is 13.0 Å². The maximum atomic E-state index is 13.6. The molecule has 5 rings (SSSR count). The topological polar surface area (TPSA) is 45.2 Å². The summed E-state index contributed by atoms with van der Waals surface area (Å²) in [6.45, 7) is 5.68. The van der Waals surface area contributed by atoms with Gasteiger partial charge in [-0.2, -0.15) is 0 Å². The van der Waals surface area contributed by atoms with Crippen molar-refractivity contribution < 1.29 is 4.79 Å². The van der Waals surface area contributed by atoms with Crippen LogP contribution in [0.4, 0.5) is 0 Å². The highest BCUT2D eigenvalue weighted by Gasteiger charge is 2.32. The van der Waals surface area contributed by atoms with Gasteiger partial charge in [0.2, 0.25) is 0 Å².